The zero-order valence-corrected chi connectivity index (χ0v) is 7.71. The number of nitrogens with two attached hydrogens (primary N) is 1. The number of hydrogen-bond donors (Lipinski definition) is 2. The van der Waals surface area contributed by atoms with Crippen LogP contribution < -0.4 is 11.1 Å². The molecule has 1 aliphatic carbocycles. The van der Waals surface area contributed by atoms with Gasteiger partial charge in [-0.3, -0.25) is 0 Å². The summed E-state index contributed by atoms with van der Waals surface area (Å²) < 4.78 is 0. The minimum Gasteiger partial charge on any atom is -0.334 e. The fraction of sp³-hybridized carbons (Fsp3) is 0.875. The van der Waals surface area contributed by atoms with Crippen molar-refractivity contribution in [3.63, 3.8) is 0 Å². The van der Waals surface area contributed by atoms with Gasteiger partial charge in [0.05, 0.1) is 0 Å². The monoisotopic (exact) mass is 171 g/mol. The van der Waals surface area contributed by atoms with Gasteiger partial charge < -0.3 is 16.0 Å². The normalized spacial score (nSPS) is 28.6. The molecule has 1 fully saturated rings. The molecule has 2 unspecified atom stereocenters. The first kappa shape index (κ1) is 9.32. The van der Waals surface area contributed by atoms with E-state index in [1.165, 1.54) is 4.90 Å². The fourth-order valence-corrected chi connectivity index (χ4v) is 1.46. The molecule has 1 rings (SSSR count). The molecule has 12 heavy (non-hydrogen) atoms. The van der Waals surface area contributed by atoms with E-state index in [2.05, 4.69) is 5.32 Å². The molecule has 0 radical (unpaired) electrons. The van der Waals surface area contributed by atoms with Gasteiger partial charge in [0.25, 0.3) is 0 Å². The minimum absolute atomic E-state index is 0.0441. The number of hydrogen-bond acceptors (Lipinski definition) is 2. The van der Waals surface area contributed by atoms with Crippen LogP contribution in [0.4, 0.5) is 4.79 Å². The number of rotatable bonds is 1. The molecule has 0 heterocycles. The molecule has 0 aromatic rings. The third-order valence-electron chi connectivity index (χ3n) is 2.28. The van der Waals surface area contributed by atoms with E-state index in [0.717, 1.165) is 19.3 Å². The van der Waals surface area contributed by atoms with E-state index < -0.39 is 0 Å². The zero-order valence-electron chi connectivity index (χ0n) is 7.71. The summed E-state index contributed by atoms with van der Waals surface area (Å²) in [4.78, 5) is 12.7. The Morgan fingerprint density at radius 2 is 2.17 bits per heavy atom. The summed E-state index contributed by atoms with van der Waals surface area (Å²) in [5.74, 6) is 0. The van der Waals surface area contributed by atoms with Gasteiger partial charge in [0.1, 0.15) is 0 Å². The van der Waals surface area contributed by atoms with Gasteiger partial charge >= 0.3 is 6.03 Å². The Labute approximate surface area is 73.1 Å². The fourth-order valence-electron chi connectivity index (χ4n) is 1.46. The lowest BCUT2D eigenvalue weighted by atomic mass is 10.2. The summed E-state index contributed by atoms with van der Waals surface area (Å²) in [5, 5.41) is 2.89. The maximum absolute atomic E-state index is 11.2. The van der Waals surface area contributed by atoms with E-state index in [4.69, 9.17) is 5.73 Å². The average molecular weight is 171 g/mol. The van der Waals surface area contributed by atoms with Gasteiger partial charge in [-0.2, -0.15) is 0 Å². The predicted molar refractivity (Wildman–Crippen MR) is 47.8 cm³/mol. The Balaban J connectivity index is 2.35. The van der Waals surface area contributed by atoms with Crippen LogP contribution in [0, 0.1) is 0 Å². The van der Waals surface area contributed by atoms with E-state index >= 15 is 0 Å². The van der Waals surface area contributed by atoms with E-state index in [1.807, 2.05) is 0 Å². The highest BCUT2D eigenvalue weighted by molar-refractivity contribution is 5.73. The van der Waals surface area contributed by atoms with Gasteiger partial charge in [0, 0.05) is 26.2 Å². The number of nitrogens with zero attached hydrogens (tertiary/aromatic N) is 1. The molecule has 0 spiro atoms. The average Bonchev–Trinajstić information content (AvgIpc) is 2.36. The highest BCUT2D eigenvalue weighted by Crippen LogP contribution is 2.16. The van der Waals surface area contributed by atoms with Crippen LogP contribution >= 0.6 is 0 Å². The summed E-state index contributed by atoms with van der Waals surface area (Å²) >= 11 is 0. The van der Waals surface area contributed by atoms with Crippen LogP contribution in [0.15, 0.2) is 0 Å². The summed E-state index contributed by atoms with van der Waals surface area (Å²) in [5.41, 5.74) is 5.79. The first-order valence-corrected chi connectivity index (χ1v) is 4.34. The van der Waals surface area contributed by atoms with Crippen molar-refractivity contribution in [3.05, 3.63) is 0 Å². The Bertz CT molecular complexity index is 170. The Morgan fingerprint density at radius 3 is 2.58 bits per heavy atom. The van der Waals surface area contributed by atoms with E-state index in [1.54, 1.807) is 14.1 Å². The van der Waals surface area contributed by atoms with Crippen molar-refractivity contribution in [1.29, 1.82) is 0 Å². The van der Waals surface area contributed by atoms with Crippen LogP contribution in [-0.2, 0) is 0 Å². The van der Waals surface area contributed by atoms with Crippen LogP contribution in [0.1, 0.15) is 19.3 Å². The van der Waals surface area contributed by atoms with E-state index in [-0.39, 0.29) is 18.1 Å². The maximum Gasteiger partial charge on any atom is 0.317 e. The maximum atomic E-state index is 11.2. The lowest BCUT2D eigenvalue weighted by molar-refractivity contribution is 0.212. The number of carbonyl (C=O) groups excluding carboxylic acids is 1. The molecular formula is C8H17N3O. The molecule has 1 saturated carbocycles. The second-order valence-corrected chi connectivity index (χ2v) is 3.55. The molecule has 0 bridgehead atoms. The molecule has 0 aliphatic heterocycles. The molecule has 0 saturated heterocycles. The number of carbonyl (C=O) groups is 1. The zero-order chi connectivity index (χ0) is 9.14. The lowest BCUT2D eigenvalue weighted by Crippen LogP contribution is -2.47. The molecule has 1 aliphatic rings. The summed E-state index contributed by atoms with van der Waals surface area (Å²) in [6.07, 6.45) is 3.17. The molecular weight excluding hydrogens is 154 g/mol. The number of amides is 2. The minimum atomic E-state index is -0.0441. The second kappa shape index (κ2) is 3.76. The van der Waals surface area contributed by atoms with Crippen molar-refractivity contribution in [3.8, 4) is 0 Å². The molecule has 4 heteroatoms. The van der Waals surface area contributed by atoms with Crippen LogP contribution in [0.5, 0.6) is 0 Å². The summed E-state index contributed by atoms with van der Waals surface area (Å²) in [6, 6.07) is 0.283. The number of urea groups is 1. The summed E-state index contributed by atoms with van der Waals surface area (Å²) in [6.45, 7) is 0. The largest absolute Gasteiger partial charge is 0.334 e. The number of nitrogens with one attached hydrogen (secondary N) is 1. The second-order valence-electron chi connectivity index (χ2n) is 3.55. The molecule has 70 valence electrons. The standard InChI is InChI=1S/C8H17N3O/c1-11(2)8(12)10-7-5-3-4-6(7)9/h6-7H,3-5,9H2,1-2H3,(H,10,12). The quantitative estimate of drug-likeness (QED) is 0.589. The first-order valence-electron chi connectivity index (χ1n) is 4.34. The van der Waals surface area contributed by atoms with Gasteiger partial charge in [-0.1, -0.05) is 0 Å². The van der Waals surface area contributed by atoms with Crippen LogP contribution in [0.25, 0.3) is 0 Å². The van der Waals surface area contributed by atoms with Crippen molar-refractivity contribution < 1.29 is 4.79 Å². The summed E-state index contributed by atoms with van der Waals surface area (Å²) in [7, 11) is 3.46. The van der Waals surface area contributed by atoms with Crippen molar-refractivity contribution in [2.24, 2.45) is 5.73 Å². The molecule has 0 aromatic heterocycles. The van der Waals surface area contributed by atoms with Crippen LogP contribution in [-0.4, -0.2) is 37.1 Å². The van der Waals surface area contributed by atoms with Gasteiger partial charge in [0.15, 0.2) is 0 Å². The van der Waals surface area contributed by atoms with Crippen LogP contribution in [0.3, 0.4) is 0 Å². The lowest BCUT2D eigenvalue weighted by Gasteiger charge is -2.20. The van der Waals surface area contributed by atoms with Gasteiger partial charge in [0.2, 0.25) is 0 Å². The highest BCUT2D eigenvalue weighted by Gasteiger charge is 2.25. The van der Waals surface area contributed by atoms with Gasteiger partial charge in [-0.15, -0.1) is 0 Å². The smallest absolute Gasteiger partial charge is 0.317 e. The highest BCUT2D eigenvalue weighted by atomic mass is 16.2. The topological polar surface area (TPSA) is 58.4 Å². The van der Waals surface area contributed by atoms with E-state index in [9.17, 15) is 4.79 Å². The first-order chi connectivity index (χ1) is 5.61. The third-order valence-corrected chi connectivity index (χ3v) is 2.28. The Kier molecular flexibility index (Phi) is 2.92. The third kappa shape index (κ3) is 2.11. The SMILES string of the molecule is CN(C)C(=O)NC1CCCC1N. The van der Waals surface area contributed by atoms with Crippen molar-refractivity contribution >= 4 is 6.03 Å². The predicted octanol–water partition coefficient (Wildman–Crippen LogP) is 0.137. The van der Waals surface area contributed by atoms with Crippen LogP contribution in [0.2, 0.25) is 0 Å². The molecule has 3 N–H and O–H groups in total. The Hall–Kier alpha value is -0.770. The molecule has 4 nitrogen and oxygen atoms in total. The van der Waals surface area contributed by atoms with Crippen molar-refractivity contribution in [2.45, 2.75) is 31.3 Å². The van der Waals surface area contributed by atoms with Crippen molar-refractivity contribution in [1.82, 2.24) is 10.2 Å². The van der Waals surface area contributed by atoms with Crippen molar-refractivity contribution in [2.75, 3.05) is 14.1 Å². The molecule has 0 aromatic carbocycles. The van der Waals surface area contributed by atoms with Gasteiger partial charge in [-0.25, -0.2) is 4.79 Å². The van der Waals surface area contributed by atoms with Gasteiger partial charge in [-0.05, 0) is 19.3 Å². The van der Waals surface area contributed by atoms with E-state index in [0.29, 0.717) is 0 Å². The molecule has 2 atom stereocenters. The molecule has 2 amide bonds. The Morgan fingerprint density at radius 1 is 1.50 bits per heavy atom.